The highest BCUT2D eigenvalue weighted by Gasteiger charge is 2.20. The van der Waals surface area contributed by atoms with Gasteiger partial charge in [0.1, 0.15) is 0 Å². The number of hydrogen-bond donors (Lipinski definition) is 0. The highest BCUT2D eigenvalue weighted by Crippen LogP contribution is 2.41. The van der Waals surface area contributed by atoms with Crippen molar-refractivity contribution in [2.24, 2.45) is 0 Å². The zero-order chi connectivity index (χ0) is 42.1. The smallest absolute Gasteiger partial charge is 0.0716 e. The standard InChI is InChI=1S/C60H38N4/c1-3-18-47(19-4-1)63-57-25-12-11-22-49(57)51-37-60-52(38-59(51)63)50-34-45(30-31-58(50)64(60)48-20-5-2-6-21-48)53-23-13-24-54(61-53)46-35-55(43-28-26-39-14-7-9-16-41(39)32-43)62-56(36-46)44-29-27-40-15-8-10-17-42(40)33-44/h1-38H. The van der Waals surface area contributed by atoms with Gasteiger partial charge in [-0.15, -0.1) is 0 Å². The third-order valence-electron chi connectivity index (χ3n) is 12.8. The summed E-state index contributed by atoms with van der Waals surface area (Å²) in [5.74, 6) is 0. The number of fused-ring (bicyclic) bond motifs is 8. The van der Waals surface area contributed by atoms with Crippen molar-refractivity contribution in [3.05, 3.63) is 231 Å². The molecule has 0 fully saturated rings. The molecule has 4 heteroatoms. The first-order valence-corrected chi connectivity index (χ1v) is 21.8. The van der Waals surface area contributed by atoms with Gasteiger partial charge in [0.2, 0.25) is 0 Å². The molecule has 0 spiro atoms. The number of nitrogens with zero attached hydrogens (tertiary/aromatic N) is 4. The van der Waals surface area contributed by atoms with E-state index in [-0.39, 0.29) is 0 Å². The zero-order valence-electron chi connectivity index (χ0n) is 34.7. The molecule has 64 heavy (non-hydrogen) atoms. The molecule has 13 rings (SSSR count). The van der Waals surface area contributed by atoms with Gasteiger partial charge in [-0.25, -0.2) is 9.97 Å². The molecule has 0 amide bonds. The largest absolute Gasteiger partial charge is 0.309 e. The van der Waals surface area contributed by atoms with Crippen LogP contribution in [0.1, 0.15) is 0 Å². The average molecular weight is 815 g/mol. The number of rotatable bonds is 6. The summed E-state index contributed by atoms with van der Waals surface area (Å²) < 4.78 is 4.81. The second-order valence-electron chi connectivity index (χ2n) is 16.6. The molecule has 0 saturated carbocycles. The summed E-state index contributed by atoms with van der Waals surface area (Å²) in [6.07, 6.45) is 0. The van der Waals surface area contributed by atoms with Gasteiger partial charge in [0.25, 0.3) is 0 Å². The van der Waals surface area contributed by atoms with Crippen LogP contribution in [0.25, 0.3) is 122 Å². The first kappa shape index (κ1) is 36.1. The third kappa shape index (κ3) is 5.92. The predicted molar refractivity (Wildman–Crippen MR) is 267 cm³/mol. The average Bonchev–Trinajstić information content (AvgIpc) is 3.87. The van der Waals surface area contributed by atoms with Gasteiger partial charge >= 0.3 is 0 Å². The SMILES string of the molecule is c1ccc(-n2c3ccccc3c3cc4c(cc32)c2cc(-c3cccc(-c5cc(-c6ccc7ccccc7c6)nc(-c6ccc7ccccc7c6)c5)n3)ccc2n4-c2ccccc2)cc1. The lowest BCUT2D eigenvalue weighted by molar-refractivity contribution is 1.17. The number of aromatic nitrogens is 4. The first-order valence-electron chi connectivity index (χ1n) is 21.8. The number of hydrogen-bond acceptors (Lipinski definition) is 2. The van der Waals surface area contributed by atoms with E-state index in [4.69, 9.17) is 9.97 Å². The topological polar surface area (TPSA) is 35.6 Å². The van der Waals surface area contributed by atoms with Crippen LogP contribution >= 0.6 is 0 Å². The number of para-hydroxylation sites is 3. The quantitative estimate of drug-likeness (QED) is 0.168. The summed E-state index contributed by atoms with van der Waals surface area (Å²) >= 11 is 0. The van der Waals surface area contributed by atoms with Crippen LogP contribution in [-0.4, -0.2) is 19.1 Å². The van der Waals surface area contributed by atoms with Gasteiger partial charge in [-0.1, -0.05) is 140 Å². The molecule has 4 nitrogen and oxygen atoms in total. The second-order valence-corrected chi connectivity index (χ2v) is 16.6. The predicted octanol–water partition coefficient (Wildman–Crippen LogP) is 15.6. The lowest BCUT2D eigenvalue weighted by atomic mass is 9.99. The number of benzene rings is 9. The maximum Gasteiger partial charge on any atom is 0.0716 e. The molecule has 9 aromatic carbocycles. The molecule has 0 aliphatic carbocycles. The Balaban J connectivity index is 0.998. The Kier molecular flexibility index (Phi) is 8.18. The van der Waals surface area contributed by atoms with Crippen LogP contribution < -0.4 is 0 Å². The normalized spacial score (nSPS) is 11.8. The molecular formula is C60H38N4. The minimum Gasteiger partial charge on any atom is -0.309 e. The Morgan fingerprint density at radius 3 is 1.28 bits per heavy atom. The summed E-state index contributed by atoms with van der Waals surface area (Å²) in [6.45, 7) is 0. The fourth-order valence-corrected chi connectivity index (χ4v) is 9.78. The summed E-state index contributed by atoms with van der Waals surface area (Å²) in [5, 5.41) is 9.62. The fourth-order valence-electron chi connectivity index (χ4n) is 9.78. The van der Waals surface area contributed by atoms with E-state index >= 15 is 0 Å². The van der Waals surface area contributed by atoms with Crippen molar-refractivity contribution in [2.45, 2.75) is 0 Å². The molecule has 0 N–H and O–H groups in total. The maximum atomic E-state index is 5.43. The van der Waals surface area contributed by atoms with E-state index in [1.807, 2.05) is 0 Å². The van der Waals surface area contributed by atoms with E-state index in [0.717, 1.165) is 61.9 Å². The molecule has 0 radical (unpaired) electrons. The summed E-state index contributed by atoms with van der Waals surface area (Å²) in [4.78, 5) is 10.7. The summed E-state index contributed by atoms with van der Waals surface area (Å²) in [5.41, 5.74) is 14.8. The molecule has 13 aromatic rings. The van der Waals surface area contributed by atoms with E-state index < -0.39 is 0 Å². The highest BCUT2D eigenvalue weighted by atomic mass is 15.0. The van der Waals surface area contributed by atoms with Crippen LogP contribution in [-0.2, 0) is 0 Å². The van der Waals surface area contributed by atoms with E-state index in [1.165, 1.54) is 59.6 Å². The van der Waals surface area contributed by atoms with E-state index in [2.05, 4.69) is 240 Å². The molecule has 0 bridgehead atoms. The second kappa shape index (κ2) is 14.5. The summed E-state index contributed by atoms with van der Waals surface area (Å²) in [7, 11) is 0. The molecule has 0 aliphatic heterocycles. The van der Waals surface area contributed by atoms with Crippen molar-refractivity contribution in [2.75, 3.05) is 0 Å². The van der Waals surface area contributed by atoms with Crippen molar-refractivity contribution in [1.82, 2.24) is 19.1 Å². The van der Waals surface area contributed by atoms with Crippen LogP contribution in [0.4, 0.5) is 0 Å². The van der Waals surface area contributed by atoms with Gasteiger partial charge in [-0.05, 0) is 113 Å². The molecule has 4 aromatic heterocycles. The van der Waals surface area contributed by atoms with Gasteiger partial charge in [0, 0.05) is 55.2 Å². The van der Waals surface area contributed by atoms with Gasteiger partial charge in [0.05, 0.1) is 44.8 Å². The van der Waals surface area contributed by atoms with E-state index in [0.29, 0.717) is 0 Å². The first-order chi connectivity index (χ1) is 31.7. The van der Waals surface area contributed by atoms with Crippen molar-refractivity contribution in [1.29, 1.82) is 0 Å². The van der Waals surface area contributed by atoms with E-state index in [1.54, 1.807) is 0 Å². The van der Waals surface area contributed by atoms with Crippen molar-refractivity contribution in [3.8, 4) is 56.4 Å². The Morgan fingerprint density at radius 1 is 0.234 bits per heavy atom. The lowest BCUT2D eigenvalue weighted by Gasteiger charge is -2.12. The Bertz CT molecular complexity index is 3860. The van der Waals surface area contributed by atoms with Gasteiger partial charge in [-0.3, -0.25) is 0 Å². The van der Waals surface area contributed by atoms with Crippen molar-refractivity contribution in [3.63, 3.8) is 0 Å². The molecule has 0 saturated heterocycles. The molecule has 4 heterocycles. The minimum atomic E-state index is 0.893. The Hall–Kier alpha value is -8.60. The molecule has 0 atom stereocenters. The van der Waals surface area contributed by atoms with Gasteiger partial charge in [0.15, 0.2) is 0 Å². The fraction of sp³-hybridized carbons (Fsp3) is 0. The third-order valence-corrected chi connectivity index (χ3v) is 12.8. The monoisotopic (exact) mass is 814 g/mol. The number of pyridine rings is 2. The molecular weight excluding hydrogens is 777 g/mol. The molecule has 298 valence electrons. The van der Waals surface area contributed by atoms with Gasteiger partial charge in [-0.2, -0.15) is 0 Å². The van der Waals surface area contributed by atoms with Crippen LogP contribution in [0.3, 0.4) is 0 Å². The van der Waals surface area contributed by atoms with Crippen molar-refractivity contribution < 1.29 is 0 Å². The maximum absolute atomic E-state index is 5.43. The van der Waals surface area contributed by atoms with E-state index in [9.17, 15) is 0 Å². The van der Waals surface area contributed by atoms with Crippen LogP contribution in [0.15, 0.2) is 231 Å². The van der Waals surface area contributed by atoms with Crippen LogP contribution in [0.2, 0.25) is 0 Å². The highest BCUT2D eigenvalue weighted by molar-refractivity contribution is 6.19. The Morgan fingerprint density at radius 2 is 0.672 bits per heavy atom. The lowest BCUT2D eigenvalue weighted by Crippen LogP contribution is -1.94. The zero-order valence-corrected chi connectivity index (χ0v) is 34.7. The molecule has 0 unspecified atom stereocenters. The molecule has 0 aliphatic rings. The minimum absolute atomic E-state index is 0.893. The van der Waals surface area contributed by atoms with Gasteiger partial charge < -0.3 is 9.13 Å². The van der Waals surface area contributed by atoms with Crippen molar-refractivity contribution >= 4 is 65.2 Å². The van der Waals surface area contributed by atoms with Crippen LogP contribution in [0.5, 0.6) is 0 Å². The van der Waals surface area contributed by atoms with Crippen LogP contribution in [0, 0.1) is 0 Å². The summed E-state index contributed by atoms with van der Waals surface area (Å²) in [6, 6.07) is 82.7. The Labute approximate surface area is 369 Å².